The lowest BCUT2D eigenvalue weighted by Crippen LogP contribution is -2.69. The Morgan fingerprint density at radius 2 is 2.09 bits per heavy atom. The predicted octanol–water partition coefficient (Wildman–Crippen LogP) is 2.13. The summed E-state index contributed by atoms with van der Waals surface area (Å²) in [5.74, 6) is 2.60. The zero-order valence-electron chi connectivity index (χ0n) is 14.5. The van der Waals surface area contributed by atoms with Crippen LogP contribution in [0.3, 0.4) is 0 Å². The fourth-order valence-electron chi connectivity index (χ4n) is 5.17. The number of morpholine rings is 1. The molecule has 132 valence electrons. The van der Waals surface area contributed by atoms with E-state index in [1.807, 2.05) is 0 Å². The van der Waals surface area contributed by atoms with Crippen molar-refractivity contribution in [2.45, 2.75) is 56.7 Å². The van der Waals surface area contributed by atoms with Crippen LogP contribution < -0.4 is 5.32 Å². The summed E-state index contributed by atoms with van der Waals surface area (Å²) in [6, 6.07) is 0.691. The highest BCUT2D eigenvalue weighted by Crippen LogP contribution is 2.57. The van der Waals surface area contributed by atoms with Crippen molar-refractivity contribution in [3.63, 3.8) is 0 Å². The Morgan fingerprint density at radius 1 is 1.26 bits per heavy atom. The zero-order chi connectivity index (χ0) is 15.8. The number of rotatable bonds is 6. The van der Waals surface area contributed by atoms with E-state index >= 15 is 0 Å². The van der Waals surface area contributed by atoms with Crippen molar-refractivity contribution < 1.29 is 9.47 Å². The standard InChI is InChI=1S/C18H32N2O2S/c1-2-22-16-12-15(18(16)4-3-5-18)19-13-17(6-11-23-14-17)20-7-9-21-10-8-20/h15-16,19H,2-14H2,1H3/t15-,16-,17+/m1/s1. The van der Waals surface area contributed by atoms with Gasteiger partial charge in [-0.05, 0) is 38.4 Å². The monoisotopic (exact) mass is 340 g/mol. The lowest BCUT2D eigenvalue weighted by Gasteiger charge is -2.62. The largest absolute Gasteiger partial charge is 0.379 e. The van der Waals surface area contributed by atoms with Gasteiger partial charge in [0.1, 0.15) is 0 Å². The minimum absolute atomic E-state index is 0.371. The molecule has 0 aromatic carbocycles. The lowest BCUT2D eigenvalue weighted by molar-refractivity contribution is -0.174. The van der Waals surface area contributed by atoms with Crippen LogP contribution in [0.2, 0.25) is 0 Å². The van der Waals surface area contributed by atoms with Gasteiger partial charge in [-0.1, -0.05) is 6.42 Å². The van der Waals surface area contributed by atoms with E-state index in [2.05, 4.69) is 28.9 Å². The Morgan fingerprint density at radius 3 is 2.70 bits per heavy atom. The minimum Gasteiger partial charge on any atom is -0.379 e. The second kappa shape index (κ2) is 6.83. The highest BCUT2D eigenvalue weighted by atomic mass is 32.2. The minimum atomic E-state index is 0.371. The lowest BCUT2D eigenvalue weighted by atomic mass is 9.51. The van der Waals surface area contributed by atoms with Crippen molar-refractivity contribution in [2.75, 3.05) is 51.0 Å². The molecule has 2 heterocycles. The van der Waals surface area contributed by atoms with Gasteiger partial charge in [-0.25, -0.2) is 0 Å². The van der Waals surface area contributed by atoms with Gasteiger partial charge in [-0.15, -0.1) is 0 Å². The first kappa shape index (κ1) is 16.6. The van der Waals surface area contributed by atoms with Gasteiger partial charge >= 0.3 is 0 Å². The maximum absolute atomic E-state index is 6.01. The molecule has 1 spiro atoms. The molecule has 3 atom stereocenters. The Hall–Kier alpha value is 0.190. The van der Waals surface area contributed by atoms with Crippen LogP contribution in [-0.2, 0) is 9.47 Å². The SMILES string of the molecule is CCO[C@@H]1C[C@@H](NC[C@@]2(N3CCOCC3)CCSC2)C12CCC2. The summed E-state index contributed by atoms with van der Waals surface area (Å²) in [6.45, 7) is 8.20. The van der Waals surface area contributed by atoms with Gasteiger partial charge in [-0.3, -0.25) is 4.90 Å². The van der Waals surface area contributed by atoms with Crippen LogP contribution in [0.25, 0.3) is 0 Å². The van der Waals surface area contributed by atoms with Gasteiger partial charge in [-0.2, -0.15) is 11.8 Å². The van der Waals surface area contributed by atoms with E-state index in [9.17, 15) is 0 Å². The highest BCUT2D eigenvalue weighted by Gasteiger charge is 2.59. The third-order valence-corrected chi connectivity index (χ3v) is 8.11. The van der Waals surface area contributed by atoms with Crippen molar-refractivity contribution in [3.05, 3.63) is 0 Å². The van der Waals surface area contributed by atoms with Gasteiger partial charge in [0.05, 0.1) is 19.3 Å². The molecule has 0 aromatic heterocycles. The molecule has 0 bridgehead atoms. The van der Waals surface area contributed by atoms with Crippen LogP contribution in [0.5, 0.6) is 0 Å². The van der Waals surface area contributed by atoms with Crippen LogP contribution in [0, 0.1) is 5.41 Å². The second-order valence-electron chi connectivity index (χ2n) is 7.83. The Bertz CT molecular complexity index is 404. The molecule has 0 aromatic rings. The normalized spacial score (nSPS) is 40.0. The average Bonchev–Trinajstić information content (AvgIpc) is 2.99. The maximum Gasteiger partial charge on any atom is 0.0661 e. The molecule has 0 unspecified atom stereocenters. The fourth-order valence-corrected chi connectivity index (χ4v) is 6.65. The second-order valence-corrected chi connectivity index (χ2v) is 8.93. The van der Waals surface area contributed by atoms with E-state index in [4.69, 9.17) is 9.47 Å². The van der Waals surface area contributed by atoms with E-state index < -0.39 is 0 Å². The van der Waals surface area contributed by atoms with E-state index in [0.717, 1.165) is 39.5 Å². The first-order valence-electron chi connectivity index (χ1n) is 9.55. The van der Waals surface area contributed by atoms with Crippen molar-refractivity contribution in [3.8, 4) is 0 Å². The van der Waals surface area contributed by atoms with Crippen LogP contribution in [-0.4, -0.2) is 73.5 Å². The molecular formula is C18H32N2O2S. The zero-order valence-corrected chi connectivity index (χ0v) is 15.3. The first-order chi connectivity index (χ1) is 11.3. The summed E-state index contributed by atoms with van der Waals surface area (Å²) in [7, 11) is 0. The Labute approximate surface area is 145 Å². The molecule has 2 aliphatic carbocycles. The fraction of sp³-hybridized carbons (Fsp3) is 1.00. The van der Waals surface area contributed by atoms with E-state index in [1.165, 1.54) is 43.6 Å². The van der Waals surface area contributed by atoms with E-state index in [1.54, 1.807) is 0 Å². The van der Waals surface area contributed by atoms with Crippen molar-refractivity contribution >= 4 is 11.8 Å². The molecule has 5 heteroatoms. The summed E-state index contributed by atoms with van der Waals surface area (Å²) in [4.78, 5) is 2.72. The molecule has 0 amide bonds. The van der Waals surface area contributed by atoms with Crippen molar-refractivity contribution in [2.24, 2.45) is 5.41 Å². The summed E-state index contributed by atoms with van der Waals surface area (Å²) in [6.07, 6.45) is 7.21. The summed E-state index contributed by atoms with van der Waals surface area (Å²) in [5.41, 5.74) is 0.851. The Balaban J connectivity index is 1.37. The van der Waals surface area contributed by atoms with Gasteiger partial charge in [0, 0.05) is 49.0 Å². The number of hydrogen-bond acceptors (Lipinski definition) is 5. The van der Waals surface area contributed by atoms with Gasteiger partial charge in [0.15, 0.2) is 0 Å². The molecular weight excluding hydrogens is 308 g/mol. The molecule has 4 rings (SSSR count). The molecule has 2 saturated carbocycles. The maximum atomic E-state index is 6.01. The topological polar surface area (TPSA) is 33.7 Å². The Kier molecular flexibility index (Phi) is 4.94. The van der Waals surface area contributed by atoms with E-state index in [0.29, 0.717) is 23.1 Å². The van der Waals surface area contributed by atoms with Crippen LogP contribution >= 0.6 is 11.8 Å². The van der Waals surface area contributed by atoms with Gasteiger partial charge in [0.25, 0.3) is 0 Å². The number of thioether (sulfide) groups is 1. The third-order valence-electron chi connectivity index (χ3n) is 6.88. The van der Waals surface area contributed by atoms with Crippen molar-refractivity contribution in [1.82, 2.24) is 10.2 Å². The van der Waals surface area contributed by atoms with E-state index in [-0.39, 0.29) is 0 Å². The molecule has 4 nitrogen and oxygen atoms in total. The number of hydrogen-bond donors (Lipinski definition) is 1. The van der Waals surface area contributed by atoms with Crippen LogP contribution in [0.1, 0.15) is 39.0 Å². The first-order valence-corrected chi connectivity index (χ1v) is 10.7. The van der Waals surface area contributed by atoms with Crippen LogP contribution in [0.4, 0.5) is 0 Å². The quantitative estimate of drug-likeness (QED) is 0.801. The molecule has 4 fully saturated rings. The molecule has 4 aliphatic rings. The smallest absolute Gasteiger partial charge is 0.0661 e. The summed E-state index contributed by atoms with van der Waals surface area (Å²) >= 11 is 2.13. The molecule has 2 aliphatic heterocycles. The molecule has 23 heavy (non-hydrogen) atoms. The van der Waals surface area contributed by atoms with Crippen LogP contribution in [0.15, 0.2) is 0 Å². The highest BCUT2D eigenvalue weighted by molar-refractivity contribution is 7.99. The number of ether oxygens (including phenoxy) is 2. The number of nitrogens with zero attached hydrogens (tertiary/aromatic N) is 1. The average molecular weight is 341 g/mol. The van der Waals surface area contributed by atoms with Crippen molar-refractivity contribution in [1.29, 1.82) is 0 Å². The summed E-state index contributed by atoms with van der Waals surface area (Å²) < 4.78 is 11.6. The predicted molar refractivity (Wildman–Crippen MR) is 95.2 cm³/mol. The van der Waals surface area contributed by atoms with Gasteiger partial charge < -0.3 is 14.8 Å². The van der Waals surface area contributed by atoms with Gasteiger partial charge in [0.2, 0.25) is 0 Å². The number of nitrogens with one attached hydrogen (secondary N) is 1. The third kappa shape index (κ3) is 2.86. The molecule has 1 N–H and O–H groups in total. The molecule has 2 saturated heterocycles. The summed E-state index contributed by atoms with van der Waals surface area (Å²) in [5, 5.41) is 4.00. The molecule has 0 radical (unpaired) electrons.